The van der Waals surface area contributed by atoms with Crippen LogP contribution in [0.1, 0.15) is 32.4 Å². The molecule has 1 aromatic heterocycles. The number of rotatable bonds is 6. The summed E-state index contributed by atoms with van der Waals surface area (Å²) in [6.45, 7) is 5.40. The van der Waals surface area contributed by atoms with Gasteiger partial charge >= 0.3 is 5.97 Å². The number of hydrazone groups is 1. The predicted octanol–water partition coefficient (Wildman–Crippen LogP) is 3.56. The van der Waals surface area contributed by atoms with Gasteiger partial charge in [0.1, 0.15) is 11.7 Å². The number of ether oxygens (including phenoxy) is 2. The molecule has 0 fully saturated rings. The fraction of sp³-hybridized carbons (Fsp3) is 0.250. The van der Waals surface area contributed by atoms with Crippen LogP contribution in [0.3, 0.4) is 0 Å². The van der Waals surface area contributed by atoms with Gasteiger partial charge in [-0.25, -0.2) is 9.79 Å². The highest BCUT2D eigenvalue weighted by Gasteiger charge is 2.36. The number of methoxy groups -OCH3 is 1. The lowest BCUT2D eigenvalue weighted by Gasteiger charge is -2.25. The number of amides is 1. The van der Waals surface area contributed by atoms with Crippen molar-refractivity contribution in [2.45, 2.75) is 26.8 Å². The second kappa shape index (κ2) is 10.7. The van der Waals surface area contributed by atoms with E-state index >= 15 is 0 Å². The first-order valence-corrected chi connectivity index (χ1v) is 13.8. The molecule has 200 valence electrons. The fourth-order valence-electron chi connectivity index (χ4n) is 4.65. The van der Waals surface area contributed by atoms with Gasteiger partial charge in [-0.05, 0) is 72.6 Å². The molecule has 0 bridgehead atoms. The van der Waals surface area contributed by atoms with E-state index in [4.69, 9.17) is 9.47 Å². The van der Waals surface area contributed by atoms with Gasteiger partial charge in [-0.1, -0.05) is 35.6 Å². The van der Waals surface area contributed by atoms with E-state index in [0.717, 1.165) is 0 Å². The summed E-state index contributed by atoms with van der Waals surface area (Å²) in [4.78, 5) is 45.3. The highest BCUT2D eigenvalue weighted by atomic mass is 79.9. The van der Waals surface area contributed by atoms with Crippen LogP contribution in [0, 0.1) is 5.92 Å². The molecule has 0 unspecified atom stereocenters. The number of benzene rings is 2. The van der Waals surface area contributed by atoms with Gasteiger partial charge in [-0.3, -0.25) is 14.2 Å². The molecule has 1 amide bonds. The van der Waals surface area contributed by atoms with Crippen LogP contribution in [0.5, 0.6) is 5.75 Å². The fourth-order valence-corrected chi connectivity index (χ4v) is 6.26. The normalized spacial score (nSPS) is 19.1. The molecular formula is C28H25BrN4O5S. The molecule has 0 saturated carbocycles. The van der Waals surface area contributed by atoms with Crippen molar-refractivity contribution in [2.75, 3.05) is 18.7 Å². The lowest BCUT2D eigenvalue weighted by Crippen LogP contribution is -2.40. The standard InChI is InChI=1S/C28H25BrN4O5S/c1-5-38-27(36)23-16(3)30-28-32(24(23)17-11-12-21(37-4)20(29)13-17)26(35)22(39-28)14-19-15(2)31-33(25(19)34)18-9-7-6-8-10-18/h6-14,19,24H,5H2,1-4H3/b22-14+/t19-,24+/m0/s1. The maximum absolute atomic E-state index is 13.9. The first-order valence-electron chi connectivity index (χ1n) is 12.2. The lowest BCUT2D eigenvalue weighted by atomic mass is 9.96. The summed E-state index contributed by atoms with van der Waals surface area (Å²) in [5.41, 5.74) is 2.29. The van der Waals surface area contributed by atoms with Crippen LogP contribution in [0.15, 0.2) is 79.2 Å². The third-order valence-corrected chi connectivity index (χ3v) is 8.13. The monoisotopic (exact) mass is 608 g/mol. The molecule has 0 N–H and O–H groups in total. The van der Waals surface area contributed by atoms with Crippen molar-refractivity contribution in [1.82, 2.24) is 4.57 Å². The van der Waals surface area contributed by atoms with E-state index in [1.807, 2.05) is 24.3 Å². The molecule has 2 atom stereocenters. The predicted molar refractivity (Wildman–Crippen MR) is 153 cm³/mol. The summed E-state index contributed by atoms with van der Waals surface area (Å²) in [5, 5.41) is 5.80. The Hall–Kier alpha value is -3.83. The lowest BCUT2D eigenvalue weighted by molar-refractivity contribution is -0.139. The van der Waals surface area contributed by atoms with Crippen LogP contribution in [0.4, 0.5) is 5.69 Å². The van der Waals surface area contributed by atoms with Gasteiger partial charge in [0.25, 0.3) is 11.5 Å². The van der Waals surface area contributed by atoms with E-state index in [0.29, 0.717) is 42.2 Å². The number of aromatic nitrogens is 1. The van der Waals surface area contributed by atoms with Crippen molar-refractivity contribution < 1.29 is 19.1 Å². The minimum Gasteiger partial charge on any atom is -0.496 e. The molecule has 2 aliphatic rings. The SMILES string of the molecule is CCOC(=O)C1=C(C)N=c2s/c(=C/[C@@H]3C(=O)N(c4ccccc4)N=C3C)c(=O)n2[C@@H]1c1ccc(OC)c(Br)c1. The molecule has 3 aromatic rings. The minimum absolute atomic E-state index is 0.180. The van der Waals surface area contributed by atoms with Crippen molar-refractivity contribution in [3.05, 3.63) is 89.5 Å². The van der Waals surface area contributed by atoms with E-state index < -0.39 is 17.9 Å². The van der Waals surface area contributed by atoms with Gasteiger partial charge < -0.3 is 9.47 Å². The Bertz CT molecular complexity index is 1720. The number of esters is 1. The molecule has 39 heavy (non-hydrogen) atoms. The average Bonchev–Trinajstić information content (AvgIpc) is 3.38. The van der Waals surface area contributed by atoms with Crippen LogP contribution in [-0.2, 0) is 14.3 Å². The highest BCUT2D eigenvalue weighted by molar-refractivity contribution is 9.10. The van der Waals surface area contributed by atoms with Crippen molar-refractivity contribution in [1.29, 1.82) is 0 Å². The number of para-hydroxylation sites is 1. The van der Waals surface area contributed by atoms with Crippen molar-refractivity contribution >= 4 is 56.6 Å². The van der Waals surface area contributed by atoms with Crippen LogP contribution in [0.2, 0.25) is 0 Å². The Morgan fingerprint density at radius 1 is 1.15 bits per heavy atom. The maximum atomic E-state index is 13.9. The number of nitrogens with zero attached hydrogens (tertiary/aromatic N) is 4. The number of hydrogen-bond donors (Lipinski definition) is 0. The Kier molecular flexibility index (Phi) is 7.37. The molecule has 11 heteroatoms. The Labute approximate surface area is 236 Å². The zero-order valence-electron chi connectivity index (χ0n) is 21.7. The summed E-state index contributed by atoms with van der Waals surface area (Å²) in [5.74, 6) is -0.881. The molecule has 2 aromatic carbocycles. The Morgan fingerprint density at radius 2 is 1.90 bits per heavy atom. The number of carbonyl (C=O) groups is 2. The minimum atomic E-state index is -0.778. The van der Waals surface area contributed by atoms with E-state index in [-0.39, 0.29) is 23.6 Å². The summed E-state index contributed by atoms with van der Waals surface area (Å²) in [7, 11) is 1.56. The van der Waals surface area contributed by atoms with Gasteiger partial charge in [0, 0.05) is 0 Å². The second-order valence-electron chi connectivity index (χ2n) is 8.92. The smallest absolute Gasteiger partial charge is 0.338 e. The molecule has 0 spiro atoms. The van der Waals surface area contributed by atoms with Crippen LogP contribution < -0.4 is 24.6 Å². The summed E-state index contributed by atoms with van der Waals surface area (Å²) in [6, 6.07) is 13.7. The van der Waals surface area contributed by atoms with E-state index in [1.165, 1.54) is 20.9 Å². The molecule has 9 nitrogen and oxygen atoms in total. The molecule has 2 aliphatic heterocycles. The number of hydrogen-bond acceptors (Lipinski definition) is 8. The highest BCUT2D eigenvalue weighted by Crippen LogP contribution is 2.35. The summed E-state index contributed by atoms with van der Waals surface area (Å²) in [6.07, 6.45) is 1.64. The largest absolute Gasteiger partial charge is 0.496 e. The van der Waals surface area contributed by atoms with Crippen LogP contribution in [-0.4, -0.2) is 35.9 Å². The van der Waals surface area contributed by atoms with E-state index in [9.17, 15) is 14.4 Å². The van der Waals surface area contributed by atoms with Gasteiger partial charge in [0.05, 0.1) is 51.4 Å². The number of thiazole rings is 1. The summed E-state index contributed by atoms with van der Waals surface area (Å²) < 4.78 is 13.2. The topological polar surface area (TPSA) is 103 Å². The van der Waals surface area contributed by atoms with E-state index in [1.54, 1.807) is 58.2 Å². The molecule has 5 rings (SSSR count). The molecule has 0 saturated heterocycles. The zero-order chi connectivity index (χ0) is 27.8. The average molecular weight is 610 g/mol. The maximum Gasteiger partial charge on any atom is 0.338 e. The quantitative estimate of drug-likeness (QED) is 0.398. The molecular weight excluding hydrogens is 584 g/mol. The molecule has 3 heterocycles. The number of anilines is 1. The van der Waals surface area contributed by atoms with Gasteiger partial charge in [-0.15, -0.1) is 0 Å². The van der Waals surface area contributed by atoms with Crippen molar-refractivity contribution in [2.24, 2.45) is 16.0 Å². The number of halogens is 1. The zero-order valence-corrected chi connectivity index (χ0v) is 24.1. The molecule has 0 aliphatic carbocycles. The number of allylic oxidation sites excluding steroid dienone is 1. The molecule has 0 radical (unpaired) electrons. The van der Waals surface area contributed by atoms with Gasteiger partial charge in [0.15, 0.2) is 4.80 Å². The second-order valence-corrected chi connectivity index (χ2v) is 10.8. The van der Waals surface area contributed by atoms with Crippen LogP contribution in [0.25, 0.3) is 6.08 Å². The third kappa shape index (κ3) is 4.76. The van der Waals surface area contributed by atoms with E-state index in [2.05, 4.69) is 26.0 Å². The van der Waals surface area contributed by atoms with Crippen LogP contribution >= 0.6 is 27.3 Å². The van der Waals surface area contributed by atoms with Gasteiger partial charge in [0.2, 0.25) is 0 Å². The Morgan fingerprint density at radius 3 is 2.56 bits per heavy atom. The van der Waals surface area contributed by atoms with Crippen molar-refractivity contribution in [3.63, 3.8) is 0 Å². The number of fused-ring (bicyclic) bond motifs is 1. The third-order valence-electron chi connectivity index (χ3n) is 6.51. The first kappa shape index (κ1) is 26.8. The summed E-state index contributed by atoms with van der Waals surface area (Å²) >= 11 is 4.68. The van der Waals surface area contributed by atoms with Gasteiger partial charge in [-0.2, -0.15) is 10.1 Å². The Balaban J connectivity index is 1.64. The van der Waals surface area contributed by atoms with Crippen molar-refractivity contribution in [3.8, 4) is 5.75 Å². The first-order chi connectivity index (χ1) is 18.7. The number of carbonyl (C=O) groups excluding carboxylic acids is 2.